The molecule has 4 nitrogen and oxygen atoms in total. The molecule has 0 bridgehead atoms. The number of carboxylic acids is 1. The van der Waals surface area contributed by atoms with E-state index >= 15 is 0 Å². The summed E-state index contributed by atoms with van der Waals surface area (Å²) >= 11 is 0. The number of carbonyl (C=O) groups is 1. The second-order valence-corrected chi connectivity index (χ2v) is 4.03. The lowest BCUT2D eigenvalue weighted by Gasteiger charge is -2.35. The quantitative estimate of drug-likeness (QED) is 0.723. The molecular weight excluding hydrogens is 184 g/mol. The Hall–Kier alpha value is -0.610. The maximum absolute atomic E-state index is 11.3. The molecule has 0 aliphatic carbocycles. The van der Waals surface area contributed by atoms with Gasteiger partial charge in [0.2, 0.25) is 0 Å². The Kier molecular flexibility index (Phi) is 2.74. The van der Waals surface area contributed by atoms with Crippen molar-refractivity contribution in [3.05, 3.63) is 0 Å². The van der Waals surface area contributed by atoms with E-state index in [0.29, 0.717) is 26.2 Å². The zero-order chi connectivity index (χ0) is 10.0. The Morgan fingerprint density at radius 3 is 2.50 bits per heavy atom. The number of ether oxygens (including phenoxy) is 2. The summed E-state index contributed by atoms with van der Waals surface area (Å²) in [7, 11) is 0. The number of aliphatic carboxylic acids is 1. The van der Waals surface area contributed by atoms with Crippen LogP contribution in [0.5, 0.6) is 0 Å². The molecule has 4 heteroatoms. The number of hydrogen-bond acceptors (Lipinski definition) is 3. The summed E-state index contributed by atoms with van der Waals surface area (Å²) in [6, 6.07) is 0. The van der Waals surface area contributed by atoms with Gasteiger partial charge in [-0.15, -0.1) is 0 Å². The lowest BCUT2D eigenvalue weighted by atomic mass is 9.80. The van der Waals surface area contributed by atoms with E-state index in [1.165, 1.54) is 0 Å². The second-order valence-electron chi connectivity index (χ2n) is 4.03. The van der Waals surface area contributed by atoms with E-state index in [2.05, 4.69) is 0 Å². The molecule has 0 aromatic carbocycles. The summed E-state index contributed by atoms with van der Waals surface area (Å²) in [5.74, 6) is -0.654. The Bertz CT molecular complexity index is 214. The molecule has 0 amide bonds. The molecule has 2 aliphatic rings. The Balaban J connectivity index is 2.12. The molecule has 1 N–H and O–H groups in total. The Morgan fingerprint density at radius 2 is 2.00 bits per heavy atom. The highest BCUT2D eigenvalue weighted by atomic mass is 16.5. The molecule has 0 aromatic heterocycles. The summed E-state index contributed by atoms with van der Waals surface area (Å²) in [6.07, 6.45) is 3.15. The summed E-state index contributed by atoms with van der Waals surface area (Å²) < 4.78 is 10.7. The van der Waals surface area contributed by atoms with Gasteiger partial charge in [-0.25, -0.2) is 4.79 Å². The third-order valence-corrected chi connectivity index (χ3v) is 3.29. The summed E-state index contributed by atoms with van der Waals surface area (Å²) in [5.41, 5.74) is -0.899. The van der Waals surface area contributed by atoms with Crippen molar-refractivity contribution in [2.45, 2.75) is 31.3 Å². The smallest absolute Gasteiger partial charge is 0.336 e. The fraction of sp³-hybridized carbons (Fsp3) is 0.900. The SMILES string of the molecule is O=C(O)C1(C2CCOCC2)CCCO1. The average Bonchev–Trinajstić information content (AvgIpc) is 2.69. The fourth-order valence-electron chi connectivity index (χ4n) is 2.49. The normalized spacial score (nSPS) is 34.6. The minimum absolute atomic E-state index is 0.135. The van der Waals surface area contributed by atoms with Crippen molar-refractivity contribution in [1.29, 1.82) is 0 Å². The van der Waals surface area contributed by atoms with Gasteiger partial charge in [-0.1, -0.05) is 0 Å². The molecule has 14 heavy (non-hydrogen) atoms. The van der Waals surface area contributed by atoms with Gasteiger partial charge in [-0.3, -0.25) is 0 Å². The van der Waals surface area contributed by atoms with E-state index < -0.39 is 11.6 Å². The zero-order valence-electron chi connectivity index (χ0n) is 8.20. The lowest BCUT2D eigenvalue weighted by molar-refractivity contribution is -0.171. The van der Waals surface area contributed by atoms with Crippen LogP contribution in [-0.4, -0.2) is 36.5 Å². The Labute approximate surface area is 83.2 Å². The molecule has 80 valence electrons. The van der Waals surface area contributed by atoms with Crippen LogP contribution in [0.1, 0.15) is 25.7 Å². The molecule has 0 spiro atoms. The first-order valence-corrected chi connectivity index (χ1v) is 5.21. The molecule has 2 saturated heterocycles. The highest BCUT2D eigenvalue weighted by Crippen LogP contribution is 2.38. The van der Waals surface area contributed by atoms with Gasteiger partial charge >= 0.3 is 5.97 Å². The molecule has 0 aromatic rings. The zero-order valence-corrected chi connectivity index (χ0v) is 8.20. The molecule has 1 unspecified atom stereocenters. The minimum atomic E-state index is -0.899. The van der Waals surface area contributed by atoms with E-state index in [-0.39, 0.29) is 5.92 Å². The van der Waals surface area contributed by atoms with Crippen LogP contribution in [-0.2, 0) is 14.3 Å². The van der Waals surface area contributed by atoms with Gasteiger partial charge in [0, 0.05) is 25.7 Å². The highest BCUT2D eigenvalue weighted by Gasteiger charge is 2.49. The topological polar surface area (TPSA) is 55.8 Å². The number of carboxylic acid groups (broad SMARTS) is 1. The summed E-state index contributed by atoms with van der Waals surface area (Å²) in [4.78, 5) is 11.3. The Morgan fingerprint density at radius 1 is 1.29 bits per heavy atom. The van der Waals surface area contributed by atoms with Crippen molar-refractivity contribution >= 4 is 5.97 Å². The largest absolute Gasteiger partial charge is 0.479 e. The first-order chi connectivity index (χ1) is 6.76. The average molecular weight is 200 g/mol. The van der Waals surface area contributed by atoms with Crippen LogP contribution in [0.2, 0.25) is 0 Å². The van der Waals surface area contributed by atoms with E-state index in [0.717, 1.165) is 19.3 Å². The lowest BCUT2D eigenvalue weighted by Crippen LogP contribution is -2.47. The molecule has 0 radical (unpaired) electrons. The van der Waals surface area contributed by atoms with Gasteiger partial charge in [0.15, 0.2) is 5.60 Å². The molecule has 2 fully saturated rings. The van der Waals surface area contributed by atoms with Crippen molar-refractivity contribution in [2.75, 3.05) is 19.8 Å². The van der Waals surface area contributed by atoms with Crippen LogP contribution in [0.15, 0.2) is 0 Å². The monoisotopic (exact) mass is 200 g/mol. The number of hydrogen-bond donors (Lipinski definition) is 1. The van der Waals surface area contributed by atoms with Crippen LogP contribution in [0.4, 0.5) is 0 Å². The summed E-state index contributed by atoms with van der Waals surface area (Å²) in [5, 5.41) is 9.25. The van der Waals surface area contributed by atoms with Crippen molar-refractivity contribution < 1.29 is 19.4 Å². The third-order valence-electron chi connectivity index (χ3n) is 3.29. The fourth-order valence-corrected chi connectivity index (χ4v) is 2.49. The van der Waals surface area contributed by atoms with Crippen molar-refractivity contribution in [3.63, 3.8) is 0 Å². The van der Waals surface area contributed by atoms with Gasteiger partial charge in [-0.2, -0.15) is 0 Å². The van der Waals surface area contributed by atoms with Crippen molar-refractivity contribution in [1.82, 2.24) is 0 Å². The molecular formula is C10H16O4. The molecule has 2 heterocycles. The van der Waals surface area contributed by atoms with Crippen molar-refractivity contribution in [3.8, 4) is 0 Å². The molecule has 0 saturated carbocycles. The molecule has 2 aliphatic heterocycles. The van der Waals surface area contributed by atoms with E-state index in [1.54, 1.807) is 0 Å². The highest BCUT2D eigenvalue weighted by molar-refractivity contribution is 5.78. The number of rotatable bonds is 2. The summed E-state index contributed by atoms with van der Waals surface area (Å²) in [6.45, 7) is 1.93. The van der Waals surface area contributed by atoms with E-state index in [4.69, 9.17) is 9.47 Å². The van der Waals surface area contributed by atoms with Gasteiger partial charge in [0.05, 0.1) is 0 Å². The van der Waals surface area contributed by atoms with Crippen molar-refractivity contribution in [2.24, 2.45) is 5.92 Å². The van der Waals surface area contributed by atoms with Gasteiger partial charge in [0.1, 0.15) is 0 Å². The maximum Gasteiger partial charge on any atom is 0.336 e. The predicted octanol–water partition coefficient (Wildman–Crippen LogP) is 1.05. The predicted molar refractivity (Wildman–Crippen MR) is 49.1 cm³/mol. The van der Waals surface area contributed by atoms with E-state index in [1.807, 2.05) is 0 Å². The molecule has 1 atom stereocenters. The second kappa shape index (κ2) is 3.87. The minimum Gasteiger partial charge on any atom is -0.479 e. The van der Waals surface area contributed by atoms with Crippen LogP contribution in [0.25, 0.3) is 0 Å². The first-order valence-electron chi connectivity index (χ1n) is 5.21. The molecule has 2 rings (SSSR count). The van der Waals surface area contributed by atoms with Gasteiger partial charge < -0.3 is 14.6 Å². The van der Waals surface area contributed by atoms with E-state index in [9.17, 15) is 9.90 Å². The van der Waals surface area contributed by atoms with Crippen LogP contribution in [0, 0.1) is 5.92 Å². The van der Waals surface area contributed by atoms with Crippen LogP contribution < -0.4 is 0 Å². The van der Waals surface area contributed by atoms with Crippen LogP contribution >= 0.6 is 0 Å². The maximum atomic E-state index is 11.3. The van der Waals surface area contributed by atoms with Gasteiger partial charge in [0.25, 0.3) is 0 Å². The third kappa shape index (κ3) is 1.53. The van der Waals surface area contributed by atoms with Crippen LogP contribution in [0.3, 0.4) is 0 Å². The first kappa shape index (κ1) is 9.93. The van der Waals surface area contributed by atoms with Gasteiger partial charge in [-0.05, 0) is 25.7 Å². The standard InChI is InChI=1S/C10H16O4/c11-9(12)10(4-1-5-14-10)8-2-6-13-7-3-8/h8H,1-7H2,(H,11,12).